The minimum absolute atomic E-state index is 0.105. The average Bonchev–Trinajstić information content (AvgIpc) is 2.74. The zero-order valence-corrected chi connectivity index (χ0v) is 16.6. The van der Waals surface area contributed by atoms with Crippen LogP contribution in [0.3, 0.4) is 0 Å². The molecule has 3 aromatic rings. The van der Waals surface area contributed by atoms with Crippen molar-refractivity contribution in [2.24, 2.45) is 5.10 Å². The van der Waals surface area contributed by atoms with E-state index in [4.69, 9.17) is 0 Å². The molecule has 1 aromatic heterocycles. The van der Waals surface area contributed by atoms with Crippen LogP contribution in [-0.4, -0.2) is 32.1 Å². The van der Waals surface area contributed by atoms with E-state index in [0.717, 1.165) is 15.4 Å². The fraction of sp³-hybridized carbons (Fsp3) is 0.0952. The van der Waals surface area contributed by atoms with Crippen LogP contribution in [0.2, 0.25) is 0 Å². The molecule has 0 unspecified atom stereocenters. The van der Waals surface area contributed by atoms with Gasteiger partial charge in [-0.1, -0.05) is 35.9 Å². The summed E-state index contributed by atoms with van der Waals surface area (Å²) in [5, 5.41) is 3.88. The summed E-state index contributed by atoms with van der Waals surface area (Å²) in [7, 11) is -3.93. The predicted molar refractivity (Wildman–Crippen MR) is 112 cm³/mol. The van der Waals surface area contributed by atoms with Gasteiger partial charge in [0.25, 0.3) is 15.9 Å². The molecular formula is C21H20N4O3S. The van der Waals surface area contributed by atoms with Gasteiger partial charge in [0.1, 0.15) is 6.54 Å². The SMILES string of the molecule is Cc1ccc(N(CC(=O)N/N=C\c2ccncc2)S(=O)(=O)c2ccccc2)cc1. The van der Waals surface area contributed by atoms with Crippen LogP contribution in [-0.2, 0) is 14.8 Å². The van der Waals surface area contributed by atoms with Gasteiger partial charge < -0.3 is 0 Å². The molecule has 0 saturated carbocycles. The van der Waals surface area contributed by atoms with Crippen LogP contribution in [0, 0.1) is 6.92 Å². The topological polar surface area (TPSA) is 91.7 Å². The monoisotopic (exact) mass is 408 g/mol. The van der Waals surface area contributed by atoms with Crippen molar-refractivity contribution in [1.82, 2.24) is 10.4 Å². The van der Waals surface area contributed by atoms with Crippen LogP contribution >= 0.6 is 0 Å². The number of hydrogen-bond acceptors (Lipinski definition) is 5. The second-order valence-corrected chi connectivity index (χ2v) is 8.10. The lowest BCUT2D eigenvalue weighted by Gasteiger charge is -2.23. The highest BCUT2D eigenvalue weighted by Crippen LogP contribution is 2.23. The molecule has 0 aliphatic rings. The third-order valence-electron chi connectivity index (χ3n) is 4.05. The first-order chi connectivity index (χ1) is 14.0. The quantitative estimate of drug-likeness (QED) is 0.481. The highest BCUT2D eigenvalue weighted by atomic mass is 32.2. The zero-order valence-electron chi connectivity index (χ0n) is 15.8. The van der Waals surface area contributed by atoms with E-state index in [1.54, 1.807) is 67.0 Å². The number of nitrogens with zero attached hydrogens (tertiary/aromatic N) is 3. The number of aromatic nitrogens is 1. The molecule has 0 aliphatic carbocycles. The number of aryl methyl sites for hydroxylation is 1. The number of rotatable bonds is 7. The molecule has 0 aliphatic heterocycles. The lowest BCUT2D eigenvalue weighted by atomic mass is 10.2. The molecule has 0 radical (unpaired) electrons. The third kappa shape index (κ3) is 5.26. The van der Waals surface area contributed by atoms with E-state index < -0.39 is 22.5 Å². The van der Waals surface area contributed by atoms with Crippen molar-refractivity contribution >= 4 is 27.8 Å². The first-order valence-electron chi connectivity index (χ1n) is 8.83. The number of sulfonamides is 1. The van der Waals surface area contributed by atoms with Gasteiger partial charge in [-0.05, 0) is 48.9 Å². The Labute approximate surface area is 169 Å². The normalized spacial score (nSPS) is 11.3. The molecule has 3 rings (SSSR count). The minimum Gasteiger partial charge on any atom is -0.271 e. The van der Waals surface area contributed by atoms with E-state index in [2.05, 4.69) is 15.5 Å². The summed E-state index contributed by atoms with van der Waals surface area (Å²) in [5.74, 6) is -0.560. The maximum Gasteiger partial charge on any atom is 0.264 e. The van der Waals surface area contributed by atoms with Crippen LogP contribution in [0.25, 0.3) is 0 Å². The Morgan fingerprint density at radius 2 is 1.69 bits per heavy atom. The molecule has 0 spiro atoms. The van der Waals surface area contributed by atoms with Gasteiger partial charge >= 0.3 is 0 Å². The predicted octanol–water partition coefficient (Wildman–Crippen LogP) is 2.74. The van der Waals surface area contributed by atoms with Gasteiger partial charge in [-0.3, -0.25) is 14.1 Å². The van der Waals surface area contributed by atoms with Gasteiger partial charge in [-0.25, -0.2) is 13.8 Å². The summed E-state index contributed by atoms with van der Waals surface area (Å²) in [6, 6.07) is 18.4. The Bertz CT molecular complexity index is 1080. The van der Waals surface area contributed by atoms with E-state index >= 15 is 0 Å². The number of pyridine rings is 1. The van der Waals surface area contributed by atoms with Gasteiger partial charge in [0.2, 0.25) is 0 Å². The highest BCUT2D eigenvalue weighted by Gasteiger charge is 2.26. The van der Waals surface area contributed by atoms with Crippen LogP contribution < -0.4 is 9.73 Å². The highest BCUT2D eigenvalue weighted by molar-refractivity contribution is 7.92. The second-order valence-electron chi connectivity index (χ2n) is 6.23. The number of carbonyl (C=O) groups is 1. The Morgan fingerprint density at radius 3 is 2.34 bits per heavy atom. The average molecular weight is 408 g/mol. The number of nitrogens with one attached hydrogen (secondary N) is 1. The standard InChI is InChI=1S/C21H20N4O3S/c1-17-7-9-19(10-8-17)25(29(27,28)20-5-3-2-4-6-20)16-21(26)24-23-15-18-11-13-22-14-12-18/h2-15H,16H2,1H3,(H,24,26)/b23-15-. The Kier molecular flexibility index (Phi) is 6.36. The van der Waals surface area contributed by atoms with E-state index in [1.807, 2.05) is 6.92 Å². The van der Waals surface area contributed by atoms with Gasteiger partial charge in [-0.2, -0.15) is 5.10 Å². The van der Waals surface area contributed by atoms with Crippen molar-refractivity contribution in [3.63, 3.8) is 0 Å². The molecule has 1 amide bonds. The van der Waals surface area contributed by atoms with Gasteiger partial charge in [0.05, 0.1) is 16.8 Å². The molecule has 0 fully saturated rings. The van der Waals surface area contributed by atoms with E-state index in [1.165, 1.54) is 18.3 Å². The molecule has 2 aromatic carbocycles. The number of hydrazone groups is 1. The van der Waals surface area contributed by atoms with Crippen LogP contribution in [0.4, 0.5) is 5.69 Å². The summed E-state index contributed by atoms with van der Waals surface area (Å²) in [4.78, 5) is 16.4. The molecule has 1 N–H and O–H groups in total. The zero-order chi connectivity index (χ0) is 20.7. The van der Waals surface area contributed by atoms with Crippen molar-refractivity contribution in [2.45, 2.75) is 11.8 Å². The Morgan fingerprint density at radius 1 is 1.03 bits per heavy atom. The summed E-state index contributed by atoms with van der Waals surface area (Å²) >= 11 is 0. The lowest BCUT2D eigenvalue weighted by Crippen LogP contribution is -2.39. The minimum atomic E-state index is -3.93. The molecule has 7 nitrogen and oxygen atoms in total. The summed E-state index contributed by atoms with van der Waals surface area (Å²) in [6.07, 6.45) is 4.67. The van der Waals surface area contributed by atoms with E-state index in [-0.39, 0.29) is 4.90 Å². The van der Waals surface area contributed by atoms with Gasteiger partial charge in [-0.15, -0.1) is 0 Å². The lowest BCUT2D eigenvalue weighted by molar-refractivity contribution is -0.119. The number of benzene rings is 2. The molecule has 0 saturated heterocycles. The number of amides is 1. The molecule has 1 heterocycles. The largest absolute Gasteiger partial charge is 0.271 e. The Balaban J connectivity index is 1.83. The maximum atomic E-state index is 13.1. The summed E-state index contributed by atoms with van der Waals surface area (Å²) < 4.78 is 27.4. The Hall–Kier alpha value is -3.52. The van der Waals surface area contributed by atoms with Gasteiger partial charge in [0, 0.05) is 12.4 Å². The van der Waals surface area contributed by atoms with Crippen molar-refractivity contribution in [3.05, 3.63) is 90.3 Å². The first-order valence-corrected chi connectivity index (χ1v) is 10.3. The molecule has 8 heteroatoms. The molecule has 148 valence electrons. The van der Waals surface area contributed by atoms with Crippen molar-refractivity contribution in [1.29, 1.82) is 0 Å². The maximum absolute atomic E-state index is 13.1. The third-order valence-corrected chi connectivity index (χ3v) is 5.84. The number of anilines is 1. The van der Waals surface area contributed by atoms with Crippen molar-refractivity contribution < 1.29 is 13.2 Å². The number of carbonyl (C=O) groups excluding carboxylic acids is 1. The fourth-order valence-corrected chi connectivity index (χ4v) is 3.98. The van der Waals surface area contributed by atoms with Crippen molar-refractivity contribution in [2.75, 3.05) is 10.8 Å². The molecule has 29 heavy (non-hydrogen) atoms. The number of hydrogen-bond donors (Lipinski definition) is 1. The summed E-state index contributed by atoms with van der Waals surface area (Å²) in [6.45, 7) is 1.49. The first kappa shape index (κ1) is 20.2. The fourth-order valence-electron chi connectivity index (χ4n) is 2.54. The molecule has 0 bridgehead atoms. The van der Waals surface area contributed by atoms with Crippen LogP contribution in [0.15, 0.2) is 89.1 Å². The summed E-state index contributed by atoms with van der Waals surface area (Å²) in [5.41, 5.74) is 4.51. The second kappa shape index (κ2) is 9.11. The smallest absolute Gasteiger partial charge is 0.264 e. The molecular weight excluding hydrogens is 388 g/mol. The van der Waals surface area contributed by atoms with E-state index in [9.17, 15) is 13.2 Å². The van der Waals surface area contributed by atoms with Gasteiger partial charge in [0.15, 0.2) is 0 Å². The van der Waals surface area contributed by atoms with E-state index in [0.29, 0.717) is 5.69 Å². The molecule has 0 atom stereocenters. The van der Waals surface area contributed by atoms with Crippen LogP contribution in [0.1, 0.15) is 11.1 Å². The van der Waals surface area contributed by atoms with Crippen LogP contribution in [0.5, 0.6) is 0 Å². The van der Waals surface area contributed by atoms with Crippen molar-refractivity contribution in [3.8, 4) is 0 Å².